The monoisotopic (exact) mass is 274 g/mol. The zero-order valence-corrected chi connectivity index (χ0v) is 11.4. The normalized spacial score (nSPS) is 12.8. The van der Waals surface area contributed by atoms with Crippen molar-refractivity contribution in [2.75, 3.05) is 6.79 Å². The van der Waals surface area contributed by atoms with Crippen molar-refractivity contribution in [3.05, 3.63) is 29.0 Å². The summed E-state index contributed by atoms with van der Waals surface area (Å²) in [6.45, 7) is 4.14. The summed E-state index contributed by atoms with van der Waals surface area (Å²) in [5.41, 5.74) is 3.68. The van der Waals surface area contributed by atoms with Crippen molar-refractivity contribution in [1.82, 2.24) is 9.78 Å². The molecule has 0 bridgehead atoms. The molecule has 3 rings (SSSR count). The Labute approximate surface area is 115 Å². The van der Waals surface area contributed by atoms with Gasteiger partial charge < -0.3 is 14.6 Å². The van der Waals surface area contributed by atoms with Crippen molar-refractivity contribution in [2.45, 2.75) is 13.8 Å². The fourth-order valence-electron chi connectivity index (χ4n) is 2.39. The van der Waals surface area contributed by atoms with Crippen molar-refractivity contribution in [3.63, 3.8) is 0 Å². The van der Waals surface area contributed by atoms with Gasteiger partial charge in [-0.1, -0.05) is 0 Å². The number of benzene rings is 1. The molecule has 1 aromatic heterocycles. The molecule has 1 N–H and O–H groups in total. The van der Waals surface area contributed by atoms with E-state index in [9.17, 15) is 4.79 Å². The zero-order valence-electron chi connectivity index (χ0n) is 11.4. The van der Waals surface area contributed by atoms with E-state index >= 15 is 0 Å². The van der Waals surface area contributed by atoms with Crippen molar-refractivity contribution in [2.24, 2.45) is 7.05 Å². The predicted octanol–water partition coefficient (Wildman–Crippen LogP) is 2.13. The molecule has 104 valence electrons. The number of aromatic nitrogens is 2. The number of rotatable bonds is 2. The molecule has 2 heterocycles. The van der Waals surface area contributed by atoms with Gasteiger partial charge in [0.1, 0.15) is 0 Å². The minimum Gasteiger partial charge on any atom is -0.476 e. The third-order valence-corrected chi connectivity index (χ3v) is 3.60. The molecule has 0 fully saturated rings. The van der Waals surface area contributed by atoms with Gasteiger partial charge in [0.25, 0.3) is 0 Å². The van der Waals surface area contributed by atoms with E-state index in [4.69, 9.17) is 14.6 Å². The van der Waals surface area contributed by atoms with Gasteiger partial charge in [0.2, 0.25) is 6.79 Å². The van der Waals surface area contributed by atoms with Crippen LogP contribution < -0.4 is 9.47 Å². The molecule has 0 aliphatic carbocycles. The number of carbonyl (C=O) groups is 1. The fraction of sp³-hybridized carbons (Fsp3) is 0.286. The van der Waals surface area contributed by atoms with Crippen LogP contribution in [0.5, 0.6) is 11.5 Å². The Hall–Kier alpha value is -2.50. The summed E-state index contributed by atoms with van der Waals surface area (Å²) >= 11 is 0. The van der Waals surface area contributed by atoms with Crippen LogP contribution in [-0.4, -0.2) is 27.6 Å². The predicted molar refractivity (Wildman–Crippen MR) is 71.2 cm³/mol. The maximum Gasteiger partial charge on any atom is 0.356 e. The summed E-state index contributed by atoms with van der Waals surface area (Å²) in [6.07, 6.45) is 0. The Balaban J connectivity index is 2.20. The molecule has 6 nitrogen and oxygen atoms in total. The number of hydrogen-bond acceptors (Lipinski definition) is 4. The second kappa shape index (κ2) is 4.26. The molecule has 1 aliphatic heterocycles. The van der Waals surface area contributed by atoms with Crippen LogP contribution in [0.15, 0.2) is 12.1 Å². The van der Waals surface area contributed by atoms with Crippen molar-refractivity contribution in [3.8, 4) is 22.8 Å². The largest absolute Gasteiger partial charge is 0.476 e. The van der Waals surface area contributed by atoms with Gasteiger partial charge in [-0.05, 0) is 37.1 Å². The summed E-state index contributed by atoms with van der Waals surface area (Å²) in [5, 5.41) is 13.0. The van der Waals surface area contributed by atoms with Gasteiger partial charge in [-0.2, -0.15) is 5.10 Å². The SMILES string of the molecule is Cc1c(-c2cc(C(=O)O)nn2C)cc2c(c1C)OCO2. The van der Waals surface area contributed by atoms with E-state index in [1.807, 2.05) is 19.9 Å². The van der Waals surface area contributed by atoms with Crippen LogP contribution >= 0.6 is 0 Å². The number of aryl methyl sites for hydroxylation is 1. The van der Waals surface area contributed by atoms with Gasteiger partial charge in [0, 0.05) is 12.6 Å². The highest BCUT2D eigenvalue weighted by Crippen LogP contribution is 2.42. The van der Waals surface area contributed by atoms with Crippen LogP contribution in [0.2, 0.25) is 0 Å². The maximum atomic E-state index is 11.0. The summed E-state index contributed by atoms with van der Waals surface area (Å²) in [5.74, 6) is 0.398. The molecule has 0 saturated heterocycles. The Morgan fingerprint density at radius 3 is 2.70 bits per heavy atom. The van der Waals surface area contributed by atoms with Gasteiger partial charge in [-0.3, -0.25) is 4.68 Å². The molecule has 0 spiro atoms. The number of ether oxygens (including phenoxy) is 2. The molecule has 1 aliphatic rings. The molecule has 0 unspecified atom stereocenters. The topological polar surface area (TPSA) is 73.6 Å². The lowest BCUT2D eigenvalue weighted by Crippen LogP contribution is -2.00. The van der Waals surface area contributed by atoms with Crippen LogP contribution in [0.25, 0.3) is 11.3 Å². The van der Waals surface area contributed by atoms with Crippen molar-refractivity contribution < 1.29 is 19.4 Å². The Bertz CT molecular complexity index is 718. The Morgan fingerprint density at radius 1 is 1.30 bits per heavy atom. The van der Waals surface area contributed by atoms with Crippen LogP contribution in [0.1, 0.15) is 21.6 Å². The fourth-order valence-corrected chi connectivity index (χ4v) is 2.39. The lowest BCUT2D eigenvalue weighted by Gasteiger charge is -2.11. The molecule has 6 heteroatoms. The van der Waals surface area contributed by atoms with Gasteiger partial charge in [0.05, 0.1) is 5.69 Å². The van der Waals surface area contributed by atoms with Crippen LogP contribution in [0.3, 0.4) is 0 Å². The highest BCUT2D eigenvalue weighted by atomic mass is 16.7. The third kappa shape index (κ3) is 1.72. The molecule has 0 atom stereocenters. The number of carboxylic acids is 1. The number of aromatic carboxylic acids is 1. The number of nitrogens with zero attached hydrogens (tertiary/aromatic N) is 2. The van der Waals surface area contributed by atoms with Gasteiger partial charge >= 0.3 is 5.97 Å². The van der Waals surface area contributed by atoms with Crippen LogP contribution in [0.4, 0.5) is 0 Å². The van der Waals surface area contributed by atoms with Gasteiger partial charge in [-0.25, -0.2) is 4.79 Å². The molecule has 20 heavy (non-hydrogen) atoms. The van der Waals surface area contributed by atoms with Crippen LogP contribution in [0, 0.1) is 13.8 Å². The average Bonchev–Trinajstić information content (AvgIpc) is 3.00. The second-order valence-electron chi connectivity index (χ2n) is 4.75. The molecular weight excluding hydrogens is 260 g/mol. The molecule has 2 aromatic rings. The minimum absolute atomic E-state index is 0.0252. The van der Waals surface area contributed by atoms with E-state index in [2.05, 4.69) is 5.10 Å². The third-order valence-electron chi connectivity index (χ3n) is 3.60. The van der Waals surface area contributed by atoms with Crippen molar-refractivity contribution in [1.29, 1.82) is 0 Å². The van der Waals surface area contributed by atoms with E-state index in [0.29, 0.717) is 5.75 Å². The average molecular weight is 274 g/mol. The Morgan fingerprint density at radius 2 is 2.05 bits per heavy atom. The van der Waals surface area contributed by atoms with Crippen molar-refractivity contribution >= 4 is 5.97 Å². The molecule has 0 amide bonds. The standard InChI is InChI=1S/C14H14N2O4/c1-7-8(2)13-12(19-6-20-13)4-9(7)11-5-10(14(17)18)15-16(11)3/h4-5H,6H2,1-3H3,(H,17,18). The first-order valence-corrected chi connectivity index (χ1v) is 6.16. The molecular formula is C14H14N2O4. The molecule has 1 aromatic carbocycles. The highest BCUT2D eigenvalue weighted by Gasteiger charge is 2.22. The van der Waals surface area contributed by atoms with E-state index in [1.165, 1.54) is 0 Å². The summed E-state index contributed by atoms with van der Waals surface area (Å²) in [6, 6.07) is 3.43. The first kappa shape index (κ1) is 12.5. The number of carboxylic acid groups (broad SMARTS) is 1. The smallest absolute Gasteiger partial charge is 0.356 e. The Kier molecular flexibility index (Phi) is 2.67. The quantitative estimate of drug-likeness (QED) is 0.908. The molecule has 0 radical (unpaired) electrons. The second-order valence-corrected chi connectivity index (χ2v) is 4.75. The lowest BCUT2D eigenvalue weighted by molar-refractivity contribution is 0.0689. The first-order valence-electron chi connectivity index (χ1n) is 6.16. The van der Waals surface area contributed by atoms with Gasteiger partial charge in [-0.15, -0.1) is 0 Å². The number of fused-ring (bicyclic) bond motifs is 1. The van der Waals surface area contributed by atoms with E-state index in [1.54, 1.807) is 17.8 Å². The highest BCUT2D eigenvalue weighted by molar-refractivity contribution is 5.87. The molecule has 0 saturated carbocycles. The van der Waals surface area contributed by atoms with Crippen LogP contribution in [-0.2, 0) is 7.05 Å². The lowest BCUT2D eigenvalue weighted by atomic mass is 9.99. The van der Waals surface area contributed by atoms with E-state index in [-0.39, 0.29) is 12.5 Å². The first-order chi connectivity index (χ1) is 9.49. The zero-order chi connectivity index (χ0) is 14.4. The number of hydrogen-bond donors (Lipinski definition) is 1. The van der Waals surface area contributed by atoms with E-state index < -0.39 is 5.97 Å². The maximum absolute atomic E-state index is 11.0. The minimum atomic E-state index is -1.04. The summed E-state index contributed by atoms with van der Waals surface area (Å²) in [7, 11) is 1.72. The van der Waals surface area contributed by atoms with Gasteiger partial charge in [0.15, 0.2) is 17.2 Å². The summed E-state index contributed by atoms with van der Waals surface area (Å²) < 4.78 is 12.4. The van der Waals surface area contributed by atoms with E-state index in [0.717, 1.165) is 28.1 Å². The summed E-state index contributed by atoms with van der Waals surface area (Å²) in [4.78, 5) is 11.0.